The summed E-state index contributed by atoms with van der Waals surface area (Å²) >= 11 is 0. The van der Waals surface area contributed by atoms with E-state index in [4.69, 9.17) is 5.11 Å². The van der Waals surface area contributed by atoms with E-state index in [0.717, 1.165) is 11.8 Å². The second kappa shape index (κ2) is 5.79. The lowest BCUT2D eigenvalue weighted by Crippen LogP contribution is -2.23. The van der Waals surface area contributed by atoms with Gasteiger partial charge in [-0.15, -0.1) is 0 Å². The summed E-state index contributed by atoms with van der Waals surface area (Å²) in [6, 6.07) is 9.00. The fourth-order valence-corrected chi connectivity index (χ4v) is 1.73. The second-order valence-corrected chi connectivity index (χ2v) is 5.36. The lowest BCUT2D eigenvalue weighted by atomic mass is 10.0. The predicted octanol–water partition coefficient (Wildman–Crippen LogP) is 0.906. The van der Waals surface area contributed by atoms with Crippen molar-refractivity contribution in [2.24, 2.45) is 5.92 Å². The van der Waals surface area contributed by atoms with E-state index in [1.54, 1.807) is 24.3 Å². The summed E-state index contributed by atoms with van der Waals surface area (Å²) in [4.78, 5) is 10.9. The Balaban J connectivity index is 2.65. The SMILES string of the molecule is CS(=O)(=O)OC[C@@H](Cc1ccccc1)C(=O)O. The van der Waals surface area contributed by atoms with Gasteiger partial charge in [-0.05, 0) is 12.0 Å². The molecule has 0 saturated carbocycles. The molecule has 0 fully saturated rings. The van der Waals surface area contributed by atoms with Crippen molar-refractivity contribution in [1.82, 2.24) is 0 Å². The van der Waals surface area contributed by atoms with Crippen molar-refractivity contribution >= 4 is 16.1 Å². The fourth-order valence-electron chi connectivity index (χ4n) is 1.32. The minimum absolute atomic E-state index is 0.242. The number of hydrogen-bond acceptors (Lipinski definition) is 4. The molecule has 0 bridgehead atoms. The Hall–Kier alpha value is -1.40. The van der Waals surface area contributed by atoms with E-state index in [-0.39, 0.29) is 13.0 Å². The molecule has 0 amide bonds. The topological polar surface area (TPSA) is 80.7 Å². The van der Waals surface area contributed by atoms with Gasteiger partial charge in [-0.1, -0.05) is 30.3 Å². The van der Waals surface area contributed by atoms with Crippen LogP contribution in [0, 0.1) is 5.92 Å². The van der Waals surface area contributed by atoms with Crippen LogP contribution in [0.2, 0.25) is 0 Å². The summed E-state index contributed by atoms with van der Waals surface area (Å²) in [7, 11) is -3.61. The normalized spacial score (nSPS) is 13.2. The first-order chi connectivity index (χ1) is 7.88. The maximum Gasteiger partial charge on any atom is 0.309 e. The van der Waals surface area contributed by atoms with Crippen LogP contribution in [-0.4, -0.2) is 32.4 Å². The fraction of sp³-hybridized carbons (Fsp3) is 0.364. The Morgan fingerprint density at radius 3 is 2.41 bits per heavy atom. The molecule has 0 aliphatic carbocycles. The molecule has 0 saturated heterocycles. The van der Waals surface area contributed by atoms with Gasteiger partial charge in [0.2, 0.25) is 0 Å². The Morgan fingerprint density at radius 2 is 1.94 bits per heavy atom. The third-order valence-electron chi connectivity index (χ3n) is 2.16. The molecular weight excluding hydrogens is 244 g/mol. The summed E-state index contributed by atoms with van der Waals surface area (Å²) in [5, 5.41) is 8.96. The highest BCUT2D eigenvalue weighted by Gasteiger charge is 2.20. The largest absolute Gasteiger partial charge is 0.481 e. The number of hydrogen-bond donors (Lipinski definition) is 1. The lowest BCUT2D eigenvalue weighted by Gasteiger charge is -2.11. The Morgan fingerprint density at radius 1 is 1.35 bits per heavy atom. The van der Waals surface area contributed by atoms with Crippen LogP contribution in [0.25, 0.3) is 0 Å². The molecule has 94 valence electrons. The first-order valence-electron chi connectivity index (χ1n) is 4.99. The third kappa shape index (κ3) is 5.46. The number of carboxylic acids is 1. The van der Waals surface area contributed by atoms with Crippen molar-refractivity contribution in [1.29, 1.82) is 0 Å². The summed E-state index contributed by atoms with van der Waals surface area (Å²) in [5.74, 6) is -1.94. The average molecular weight is 258 g/mol. The van der Waals surface area contributed by atoms with E-state index in [1.807, 2.05) is 6.07 Å². The van der Waals surface area contributed by atoms with Gasteiger partial charge in [0.15, 0.2) is 0 Å². The number of carbonyl (C=O) groups is 1. The molecule has 1 aromatic rings. The first kappa shape index (κ1) is 13.7. The molecule has 0 unspecified atom stereocenters. The molecule has 0 heterocycles. The van der Waals surface area contributed by atoms with Crippen molar-refractivity contribution in [3.8, 4) is 0 Å². The van der Waals surface area contributed by atoms with Crippen molar-refractivity contribution in [2.75, 3.05) is 12.9 Å². The van der Waals surface area contributed by atoms with Crippen molar-refractivity contribution < 1.29 is 22.5 Å². The van der Waals surface area contributed by atoms with Crippen molar-refractivity contribution in [3.63, 3.8) is 0 Å². The van der Waals surface area contributed by atoms with Gasteiger partial charge in [0.25, 0.3) is 10.1 Å². The van der Waals surface area contributed by atoms with E-state index >= 15 is 0 Å². The van der Waals surface area contributed by atoms with Crippen LogP contribution < -0.4 is 0 Å². The zero-order chi connectivity index (χ0) is 12.9. The van der Waals surface area contributed by atoms with Crippen molar-refractivity contribution in [2.45, 2.75) is 6.42 Å². The zero-order valence-electron chi connectivity index (χ0n) is 9.37. The highest BCUT2D eigenvalue weighted by Crippen LogP contribution is 2.10. The molecule has 0 spiro atoms. The van der Waals surface area contributed by atoms with Crippen LogP contribution >= 0.6 is 0 Å². The minimum Gasteiger partial charge on any atom is -0.481 e. The summed E-state index contributed by atoms with van der Waals surface area (Å²) < 4.78 is 26.1. The number of aliphatic carboxylic acids is 1. The van der Waals surface area contributed by atoms with Gasteiger partial charge in [0, 0.05) is 0 Å². The molecule has 17 heavy (non-hydrogen) atoms. The number of benzene rings is 1. The Bertz CT molecular complexity index is 466. The number of rotatable bonds is 6. The van der Waals surface area contributed by atoms with Crippen LogP contribution in [0.5, 0.6) is 0 Å². The standard InChI is InChI=1S/C11H14O5S/c1-17(14,15)16-8-10(11(12)13)7-9-5-3-2-4-6-9/h2-6,10H,7-8H2,1H3,(H,12,13)/t10-/m1/s1. The Labute approximate surface area is 100 Å². The van der Waals surface area contributed by atoms with Gasteiger partial charge in [-0.3, -0.25) is 8.98 Å². The summed E-state index contributed by atoms with van der Waals surface area (Å²) in [5.41, 5.74) is 0.831. The average Bonchev–Trinajstić information content (AvgIpc) is 2.24. The van der Waals surface area contributed by atoms with E-state index in [9.17, 15) is 13.2 Å². The third-order valence-corrected chi connectivity index (χ3v) is 2.72. The molecule has 0 aliphatic heterocycles. The second-order valence-electron chi connectivity index (χ2n) is 3.71. The Kier molecular flexibility index (Phi) is 4.65. The monoisotopic (exact) mass is 258 g/mol. The van der Waals surface area contributed by atoms with E-state index in [2.05, 4.69) is 4.18 Å². The van der Waals surface area contributed by atoms with Gasteiger partial charge in [0.1, 0.15) is 0 Å². The van der Waals surface area contributed by atoms with Crippen LogP contribution in [0.1, 0.15) is 5.56 Å². The molecule has 1 aromatic carbocycles. The maximum atomic E-state index is 10.9. The van der Waals surface area contributed by atoms with Crippen LogP contribution in [-0.2, 0) is 25.5 Å². The van der Waals surface area contributed by atoms with Gasteiger partial charge in [-0.2, -0.15) is 8.42 Å². The van der Waals surface area contributed by atoms with E-state index in [1.165, 1.54) is 0 Å². The predicted molar refractivity (Wildman–Crippen MR) is 62.1 cm³/mol. The molecular formula is C11H14O5S. The van der Waals surface area contributed by atoms with Crippen molar-refractivity contribution in [3.05, 3.63) is 35.9 Å². The van der Waals surface area contributed by atoms with Gasteiger partial charge >= 0.3 is 5.97 Å². The molecule has 6 heteroatoms. The molecule has 5 nitrogen and oxygen atoms in total. The first-order valence-corrected chi connectivity index (χ1v) is 6.81. The molecule has 1 N–H and O–H groups in total. The minimum atomic E-state index is -3.61. The number of carboxylic acid groups (broad SMARTS) is 1. The lowest BCUT2D eigenvalue weighted by molar-refractivity contribution is -0.142. The van der Waals surface area contributed by atoms with Crippen LogP contribution in [0.15, 0.2) is 30.3 Å². The highest BCUT2D eigenvalue weighted by molar-refractivity contribution is 7.85. The highest BCUT2D eigenvalue weighted by atomic mass is 32.2. The molecule has 1 atom stereocenters. The van der Waals surface area contributed by atoms with E-state index in [0.29, 0.717) is 0 Å². The van der Waals surface area contributed by atoms with Crippen LogP contribution in [0.4, 0.5) is 0 Å². The van der Waals surface area contributed by atoms with Gasteiger partial charge < -0.3 is 5.11 Å². The molecule has 0 aromatic heterocycles. The molecule has 1 rings (SSSR count). The summed E-state index contributed by atoms with van der Waals surface area (Å²) in [6.07, 6.45) is 1.14. The van der Waals surface area contributed by atoms with E-state index < -0.39 is 22.0 Å². The van der Waals surface area contributed by atoms with Gasteiger partial charge in [0.05, 0.1) is 18.8 Å². The quantitative estimate of drug-likeness (QED) is 0.767. The van der Waals surface area contributed by atoms with Gasteiger partial charge in [-0.25, -0.2) is 0 Å². The molecule has 0 radical (unpaired) electrons. The maximum absolute atomic E-state index is 10.9. The zero-order valence-corrected chi connectivity index (χ0v) is 10.2. The van der Waals surface area contributed by atoms with Crippen LogP contribution in [0.3, 0.4) is 0 Å². The molecule has 0 aliphatic rings. The smallest absolute Gasteiger partial charge is 0.309 e. The summed E-state index contributed by atoms with van der Waals surface area (Å²) in [6.45, 7) is -0.344.